The average Bonchev–Trinajstić information content (AvgIpc) is 1.96. The van der Waals surface area contributed by atoms with Gasteiger partial charge < -0.3 is 11.1 Å². The molecule has 1 aromatic rings. The van der Waals surface area contributed by atoms with Gasteiger partial charge in [0.2, 0.25) is 5.91 Å². The van der Waals surface area contributed by atoms with E-state index in [9.17, 15) is 4.79 Å². The first-order valence-corrected chi connectivity index (χ1v) is 3.59. The summed E-state index contributed by atoms with van der Waals surface area (Å²) in [5.74, 6) is 0.404. The minimum Gasteiger partial charge on any atom is -0.397 e. The Morgan fingerprint density at radius 1 is 1.67 bits per heavy atom. The third-order valence-corrected chi connectivity index (χ3v) is 1.46. The second-order valence-electron chi connectivity index (χ2n) is 2.61. The molecule has 0 saturated heterocycles. The number of nitrogens with one attached hydrogen (secondary N) is 1. The Balaban J connectivity index is 2.89. The predicted molar refractivity (Wildman–Crippen MR) is 47.7 cm³/mol. The standard InChI is InChI=1S/C8H11N3O/c1-5-3-8(11-6(2)12)10-4-7(5)9/h3-4H,9H2,1-2H3,(H,10,11,12). The summed E-state index contributed by atoms with van der Waals surface area (Å²) >= 11 is 0. The van der Waals surface area contributed by atoms with Crippen molar-refractivity contribution in [1.29, 1.82) is 0 Å². The molecule has 12 heavy (non-hydrogen) atoms. The normalized spacial score (nSPS) is 9.50. The zero-order chi connectivity index (χ0) is 9.14. The van der Waals surface area contributed by atoms with Crippen molar-refractivity contribution in [2.75, 3.05) is 11.1 Å². The van der Waals surface area contributed by atoms with Crippen LogP contribution in [0.2, 0.25) is 0 Å². The van der Waals surface area contributed by atoms with Crippen LogP contribution in [-0.4, -0.2) is 10.9 Å². The number of rotatable bonds is 1. The number of nitrogens with zero attached hydrogens (tertiary/aromatic N) is 1. The molecule has 4 nitrogen and oxygen atoms in total. The Bertz CT molecular complexity index is 309. The van der Waals surface area contributed by atoms with Crippen LogP contribution < -0.4 is 11.1 Å². The van der Waals surface area contributed by atoms with Crippen LogP contribution in [0.1, 0.15) is 12.5 Å². The highest BCUT2D eigenvalue weighted by Gasteiger charge is 1.98. The van der Waals surface area contributed by atoms with Crippen LogP contribution in [0.4, 0.5) is 11.5 Å². The molecule has 1 aromatic heterocycles. The van der Waals surface area contributed by atoms with Gasteiger partial charge in [-0.25, -0.2) is 4.98 Å². The van der Waals surface area contributed by atoms with E-state index >= 15 is 0 Å². The summed E-state index contributed by atoms with van der Waals surface area (Å²) in [6.07, 6.45) is 1.53. The highest BCUT2D eigenvalue weighted by atomic mass is 16.1. The lowest BCUT2D eigenvalue weighted by molar-refractivity contribution is -0.114. The van der Waals surface area contributed by atoms with Crippen molar-refractivity contribution in [3.8, 4) is 0 Å². The van der Waals surface area contributed by atoms with Gasteiger partial charge in [-0.05, 0) is 18.6 Å². The highest BCUT2D eigenvalue weighted by molar-refractivity contribution is 5.87. The second kappa shape index (κ2) is 3.21. The first kappa shape index (κ1) is 8.52. The molecule has 0 aromatic carbocycles. The number of pyridine rings is 1. The maximum Gasteiger partial charge on any atom is 0.222 e. The molecule has 1 rings (SSSR count). The van der Waals surface area contributed by atoms with Crippen molar-refractivity contribution in [2.24, 2.45) is 0 Å². The van der Waals surface area contributed by atoms with E-state index in [4.69, 9.17) is 5.73 Å². The van der Waals surface area contributed by atoms with E-state index in [1.54, 1.807) is 6.07 Å². The molecule has 1 heterocycles. The number of carbonyl (C=O) groups is 1. The van der Waals surface area contributed by atoms with Crippen molar-refractivity contribution in [3.05, 3.63) is 17.8 Å². The average molecular weight is 165 g/mol. The number of aromatic nitrogens is 1. The van der Waals surface area contributed by atoms with E-state index in [1.807, 2.05) is 6.92 Å². The molecule has 3 N–H and O–H groups in total. The van der Waals surface area contributed by atoms with Crippen LogP contribution in [-0.2, 0) is 4.79 Å². The van der Waals surface area contributed by atoms with Gasteiger partial charge in [-0.3, -0.25) is 4.79 Å². The lowest BCUT2D eigenvalue weighted by atomic mass is 10.2. The molecule has 4 heteroatoms. The summed E-state index contributed by atoms with van der Waals surface area (Å²) in [5, 5.41) is 2.57. The summed E-state index contributed by atoms with van der Waals surface area (Å²) < 4.78 is 0. The van der Waals surface area contributed by atoms with Gasteiger partial charge in [0.25, 0.3) is 0 Å². The van der Waals surface area contributed by atoms with Crippen LogP contribution in [0.5, 0.6) is 0 Å². The Morgan fingerprint density at radius 2 is 2.33 bits per heavy atom. The van der Waals surface area contributed by atoms with Crippen molar-refractivity contribution >= 4 is 17.4 Å². The smallest absolute Gasteiger partial charge is 0.222 e. The van der Waals surface area contributed by atoms with E-state index in [0.29, 0.717) is 11.5 Å². The predicted octanol–water partition coefficient (Wildman–Crippen LogP) is 0.931. The number of anilines is 2. The minimum absolute atomic E-state index is 0.133. The van der Waals surface area contributed by atoms with E-state index in [2.05, 4.69) is 10.3 Å². The maximum absolute atomic E-state index is 10.6. The number of amides is 1. The number of nitrogens with two attached hydrogens (primary N) is 1. The van der Waals surface area contributed by atoms with Gasteiger partial charge in [0.1, 0.15) is 5.82 Å². The maximum atomic E-state index is 10.6. The summed E-state index contributed by atoms with van der Waals surface area (Å²) in [4.78, 5) is 14.5. The molecule has 0 spiro atoms. The number of carbonyl (C=O) groups excluding carboxylic acids is 1. The Labute approximate surface area is 70.8 Å². The zero-order valence-corrected chi connectivity index (χ0v) is 7.09. The molecule has 0 fully saturated rings. The van der Waals surface area contributed by atoms with Crippen molar-refractivity contribution < 1.29 is 4.79 Å². The van der Waals surface area contributed by atoms with Gasteiger partial charge in [-0.1, -0.05) is 0 Å². The molecule has 0 aliphatic heterocycles. The SMILES string of the molecule is CC(=O)Nc1cc(C)c(N)cn1. The molecule has 64 valence electrons. The lowest BCUT2D eigenvalue weighted by Gasteiger charge is -2.03. The summed E-state index contributed by atoms with van der Waals surface area (Å²) in [7, 11) is 0. The van der Waals surface area contributed by atoms with Gasteiger partial charge in [0, 0.05) is 6.92 Å². The molecule has 0 aliphatic carbocycles. The van der Waals surface area contributed by atoms with Gasteiger partial charge in [-0.15, -0.1) is 0 Å². The summed E-state index contributed by atoms with van der Waals surface area (Å²) in [5.41, 5.74) is 7.08. The summed E-state index contributed by atoms with van der Waals surface area (Å²) in [6.45, 7) is 3.30. The van der Waals surface area contributed by atoms with Gasteiger partial charge >= 0.3 is 0 Å². The van der Waals surface area contributed by atoms with E-state index in [-0.39, 0.29) is 5.91 Å². The first-order valence-electron chi connectivity index (χ1n) is 3.59. The number of nitrogen functional groups attached to an aromatic ring is 1. The van der Waals surface area contributed by atoms with Gasteiger partial charge in [0.05, 0.1) is 11.9 Å². The fourth-order valence-corrected chi connectivity index (χ4v) is 0.815. The van der Waals surface area contributed by atoms with E-state index < -0.39 is 0 Å². The van der Waals surface area contributed by atoms with E-state index in [1.165, 1.54) is 13.1 Å². The number of aryl methyl sites for hydroxylation is 1. The van der Waals surface area contributed by atoms with Crippen LogP contribution in [0, 0.1) is 6.92 Å². The fraction of sp³-hybridized carbons (Fsp3) is 0.250. The van der Waals surface area contributed by atoms with Crippen LogP contribution in [0.15, 0.2) is 12.3 Å². The summed E-state index contributed by atoms with van der Waals surface area (Å²) in [6, 6.07) is 1.73. The van der Waals surface area contributed by atoms with Crippen molar-refractivity contribution in [2.45, 2.75) is 13.8 Å². The van der Waals surface area contributed by atoms with Crippen LogP contribution in [0.25, 0.3) is 0 Å². The van der Waals surface area contributed by atoms with Gasteiger partial charge in [0.15, 0.2) is 0 Å². The van der Waals surface area contributed by atoms with Crippen LogP contribution in [0.3, 0.4) is 0 Å². The Morgan fingerprint density at radius 3 is 2.83 bits per heavy atom. The molecule has 0 radical (unpaired) electrons. The van der Waals surface area contributed by atoms with Gasteiger partial charge in [-0.2, -0.15) is 0 Å². The monoisotopic (exact) mass is 165 g/mol. The number of hydrogen-bond donors (Lipinski definition) is 2. The number of hydrogen-bond acceptors (Lipinski definition) is 3. The largest absolute Gasteiger partial charge is 0.397 e. The molecule has 0 atom stereocenters. The Kier molecular flexibility index (Phi) is 2.28. The first-order chi connectivity index (χ1) is 5.59. The minimum atomic E-state index is -0.133. The molecule has 0 aliphatic rings. The second-order valence-corrected chi connectivity index (χ2v) is 2.61. The molecular weight excluding hydrogens is 154 g/mol. The molecular formula is C8H11N3O. The molecule has 0 unspecified atom stereocenters. The topological polar surface area (TPSA) is 68.0 Å². The molecule has 0 saturated carbocycles. The zero-order valence-electron chi connectivity index (χ0n) is 7.09. The molecule has 1 amide bonds. The highest BCUT2D eigenvalue weighted by Crippen LogP contribution is 2.12. The molecule has 0 bridgehead atoms. The Hall–Kier alpha value is -1.58. The van der Waals surface area contributed by atoms with Crippen molar-refractivity contribution in [1.82, 2.24) is 4.98 Å². The third kappa shape index (κ3) is 1.95. The fourth-order valence-electron chi connectivity index (χ4n) is 0.815. The van der Waals surface area contributed by atoms with Crippen molar-refractivity contribution in [3.63, 3.8) is 0 Å². The lowest BCUT2D eigenvalue weighted by Crippen LogP contribution is -2.07. The quantitative estimate of drug-likeness (QED) is 0.650. The van der Waals surface area contributed by atoms with E-state index in [0.717, 1.165) is 5.56 Å². The third-order valence-electron chi connectivity index (χ3n) is 1.46. The van der Waals surface area contributed by atoms with Crippen LogP contribution >= 0.6 is 0 Å².